The van der Waals surface area contributed by atoms with Crippen LogP contribution in [0.2, 0.25) is 0 Å². The van der Waals surface area contributed by atoms with E-state index in [0.717, 1.165) is 65.1 Å². The summed E-state index contributed by atoms with van der Waals surface area (Å²) in [4.78, 5) is 2.54. The minimum absolute atomic E-state index is 0.264. The highest BCUT2D eigenvalue weighted by atomic mass is 16.5. The highest BCUT2D eigenvalue weighted by Crippen LogP contribution is 2.31. The Morgan fingerprint density at radius 1 is 1.25 bits per heavy atom. The molecular formula is C16H32N2O2. The molecule has 0 amide bonds. The number of hydrogen-bond acceptors (Lipinski definition) is 4. The predicted octanol–water partition coefficient (Wildman–Crippen LogP) is 1.63. The second kappa shape index (κ2) is 6.73. The topological polar surface area (TPSA) is 44.7 Å². The first kappa shape index (κ1) is 16.2. The average Bonchev–Trinajstić information content (AvgIpc) is 2.75. The molecule has 0 radical (unpaired) electrons. The van der Waals surface area contributed by atoms with Gasteiger partial charge in [0.25, 0.3) is 0 Å². The normalized spacial score (nSPS) is 36.5. The maximum Gasteiger partial charge on any atom is 0.0632 e. The van der Waals surface area contributed by atoms with Crippen LogP contribution in [-0.4, -0.2) is 61.0 Å². The predicted molar refractivity (Wildman–Crippen MR) is 81.9 cm³/mol. The number of nitrogens with zero attached hydrogens (tertiary/aromatic N) is 1. The molecule has 0 spiro atoms. The fourth-order valence-electron chi connectivity index (χ4n) is 3.34. The van der Waals surface area contributed by atoms with Gasteiger partial charge in [0.1, 0.15) is 0 Å². The molecule has 2 fully saturated rings. The summed E-state index contributed by atoms with van der Waals surface area (Å²) in [5, 5.41) is 13.8. The molecule has 0 aromatic carbocycles. The van der Waals surface area contributed by atoms with Gasteiger partial charge in [0.05, 0.1) is 12.2 Å². The molecule has 0 saturated carbocycles. The molecule has 2 saturated heterocycles. The summed E-state index contributed by atoms with van der Waals surface area (Å²) in [5.74, 6) is 0. The third kappa shape index (κ3) is 4.69. The van der Waals surface area contributed by atoms with Crippen LogP contribution < -0.4 is 5.32 Å². The van der Waals surface area contributed by atoms with Crippen molar-refractivity contribution in [2.45, 2.75) is 58.1 Å². The number of ether oxygens (including phenoxy) is 1. The molecule has 2 atom stereocenters. The summed E-state index contributed by atoms with van der Waals surface area (Å²) >= 11 is 0. The van der Waals surface area contributed by atoms with Crippen molar-refractivity contribution in [3.05, 3.63) is 0 Å². The van der Waals surface area contributed by atoms with Gasteiger partial charge in [-0.2, -0.15) is 0 Å². The van der Waals surface area contributed by atoms with Gasteiger partial charge in [-0.1, -0.05) is 13.8 Å². The lowest BCUT2D eigenvalue weighted by Gasteiger charge is -2.35. The van der Waals surface area contributed by atoms with Crippen LogP contribution in [0, 0.1) is 5.41 Å². The third-order valence-corrected chi connectivity index (χ3v) is 4.79. The van der Waals surface area contributed by atoms with Crippen LogP contribution in [0.4, 0.5) is 0 Å². The molecule has 20 heavy (non-hydrogen) atoms. The smallest absolute Gasteiger partial charge is 0.0632 e. The molecule has 2 heterocycles. The number of aliphatic hydroxyl groups is 1. The first-order valence-electron chi connectivity index (χ1n) is 8.17. The molecule has 0 bridgehead atoms. The van der Waals surface area contributed by atoms with Crippen molar-refractivity contribution in [2.75, 3.05) is 39.4 Å². The molecule has 2 unspecified atom stereocenters. The van der Waals surface area contributed by atoms with E-state index in [0.29, 0.717) is 6.04 Å². The Morgan fingerprint density at radius 3 is 2.70 bits per heavy atom. The quantitative estimate of drug-likeness (QED) is 0.805. The summed E-state index contributed by atoms with van der Waals surface area (Å²) in [5.41, 5.74) is -0.204. The van der Waals surface area contributed by atoms with Gasteiger partial charge >= 0.3 is 0 Å². The van der Waals surface area contributed by atoms with Crippen LogP contribution in [0.15, 0.2) is 0 Å². The van der Waals surface area contributed by atoms with Crippen molar-refractivity contribution in [3.63, 3.8) is 0 Å². The van der Waals surface area contributed by atoms with E-state index in [2.05, 4.69) is 24.1 Å². The second-order valence-corrected chi connectivity index (χ2v) is 7.46. The van der Waals surface area contributed by atoms with Crippen molar-refractivity contribution in [1.29, 1.82) is 0 Å². The maximum atomic E-state index is 10.2. The highest BCUT2D eigenvalue weighted by Gasteiger charge is 2.37. The van der Waals surface area contributed by atoms with Crippen LogP contribution in [-0.2, 0) is 4.74 Å². The molecule has 2 aliphatic heterocycles. The summed E-state index contributed by atoms with van der Waals surface area (Å²) in [7, 11) is 0. The van der Waals surface area contributed by atoms with Crippen LogP contribution >= 0.6 is 0 Å². The molecule has 0 aromatic rings. The van der Waals surface area contributed by atoms with Crippen molar-refractivity contribution in [3.8, 4) is 0 Å². The van der Waals surface area contributed by atoms with Crippen LogP contribution in [0.1, 0.15) is 46.5 Å². The molecule has 4 heteroatoms. The van der Waals surface area contributed by atoms with E-state index in [1.807, 2.05) is 6.92 Å². The van der Waals surface area contributed by atoms with Crippen LogP contribution in [0.3, 0.4) is 0 Å². The van der Waals surface area contributed by atoms with E-state index in [9.17, 15) is 5.11 Å². The minimum atomic E-state index is -0.468. The van der Waals surface area contributed by atoms with E-state index in [4.69, 9.17) is 4.74 Å². The van der Waals surface area contributed by atoms with Gasteiger partial charge in [-0.25, -0.2) is 0 Å². The number of rotatable bonds is 5. The highest BCUT2D eigenvalue weighted by molar-refractivity contribution is 4.90. The van der Waals surface area contributed by atoms with Crippen molar-refractivity contribution < 1.29 is 9.84 Å². The molecule has 2 aliphatic rings. The van der Waals surface area contributed by atoms with Crippen LogP contribution in [0.5, 0.6) is 0 Å². The Bertz CT molecular complexity index is 299. The second-order valence-electron chi connectivity index (χ2n) is 7.46. The van der Waals surface area contributed by atoms with Crippen molar-refractivity contribution in [2.24, 2.45) is 5.41 Å². The van der Waals surface area contributed by atoms with E-state index < -0.39 is 5.60 Å². The van der Waals surface area contributed by atoms with Crippen molar-refractivity contribution >= 4 is 0 Å². The largest absolute Gasteiger partial charge is 0.390 e. The average molecular weight is 284 g/mol. The molecule has 0 aromatic heterocycles. The lowest BCUT2D eigenvalue weighted by Crippen LogP contribution is -2.46. The molecule has 4 nitrogen and oxygen atoms in total. The summed E-state index contributed by atoms with van der Waals surface area (Å²) < 4.78 is 5.69. The van der Waals surface area contributed by atoms with Gasteiger partial charge in [-0.15, -0.1) is 0 Å². The lowest BCUT2D eigenvalue weighted by molar-refractivity contribution is 0.0420. The number of nitrogens with one attached hydrogen (secondary N) is 1. The molecule has 2 rings (SSSR count). The summed E-state index contributed by atoms with van der Waals surface area (Å²) in [6.07, 6.45) is 4.07. The van der Waals surface area contributed by atoms with Crippen LogP contribution in [0.25, 0.3) is 0 Å². The first-order chi connectivity index (χ1) is 9.41. The summed E-state index contributed by atoms with van der Waals surface area (Å²) in [6, 6.07) is 0.525. The zero-order valence-electron chi connectivity index (χ0n) is 13.5. The molecule has 0 aliphatic carbocycles. The van der Waals surface area contributed by atoms with Crippen molar-refractivity contribution in [1.82, 2.24) is 10.2 Å². The zero-order chi connectivity index (χ0) is 14.6. The van der Waals surface area contributed by atoms with E-state index in [-0.39, 0.29) is 5.41 Å². The SMILES string of the molecule is CC(C)NCC1(CN2CCCC(C)(O)CC2)CCOC1. The van der Waals surface area contributed by atoms with Gasteiger partial charge < -0.3 is 20.1 Å². The summed E-state index contributed by atoms with van der Waals surface area (Å²) in [6.45, 7) is 12.4. The molecular weight excluding hydrogens is 252 g/mol. The Balaban J connectivity index is 1.90. The van der Waals surface area contributed by atoms with E-state index >= 15 is 0 Å². The Labute approximate surface area is 123 Å². The third-order valence-electron chi connectivity index (χ3n) is 4.79. The fourth-order valence-corrected chi connectivity index (χ4v) is 3.34. The minimum Gasteiger partial charge on any atom is -0.390 e. The number of likely N-dealkylation sites (tertiary alicyclic amines) is 1. The van der Waals surface area contributed by atoms with E-state index in [1.54, 1.807) is 0 Å². The lowest BCUT2D eigenvalue weighted by atomic mass is 9.86. The monoisotopic (exact) mass is 284 g/mol. The molecule has 2 N–H and O–H groups in total. The first-order valence-corrected chi connectivity index (χ1v) is 8.17. The van der Waals surface area contributed by atoms with Gasteiger partial charge in [-0.05, 0) is 39.2 Å². The Morgan fingerprint density at radius 2 is 2.05 bits per heavy atom. The van der Waals surface area contributed by atoms with Gasteiger partial charge in [0.15, 0.2) is 0 Å². The Hall–Kier alpha value is -0.160. The Kier molecular flexibility index (Phi) is 5.46. The van der Waals surface area contributed by atoms with Gasteiger partial charge in [0.2, 0.25) is 0 Å². The fraction of sp³-hybridized carbons (Fsp3) is 1.00. The van der Waals surface area contributed by atoms with Gasteiger partial charge in [0, 0.05) is 37.7 Å². The number of hydrogen-bond donors (Lipinski definition) is 2. The maximum absolute atomic E-state index is 10.2. The standard InChI is InChI=1S/C16H32N2O2/c1-14(2)17-11-16(7-10-20-13-16)12-18-8-4-5-15(3,19)6-9-18/h14,17,19H,4-13H2,1-3H3. The zero-order valence-corrected chi connectivity index (χ0v) is 13.5. The molecule has 118 valence electrons. The van der Waals surface area contributed by atoms with Gasteiger partial charge in [-0.3, -0.25) is 0 Å². The van der Waals surface area contributed by atoms with E-state index in [1.165, 1.54) is 0 Å².